The smallest absolute Gasteiger partial charge is 0.407 e. The van der Waals surface area contributed by atoms with E-state index in [1.54, 1.807) is 66.5 Å². The van der Waals surface area contributed by atoms with Crippen molar-refractivity contribution >= 4 is 51.5 Å². The first-order valence-corrected chi connectivity index (χ1v) is 13.5. The highest BCUT2D eigenvalue weighted by Gasteiger charge is 2.31. The van der Waals surface area contributed by atoms with E-state index in [1.165, 1.54) is 25.0 Å². The lowest BCUT2D eigenvalue weighted by molar-refractivity contribution is 0.0508. The van der Waals surface area contributed by atoms with E-state index in [2.05, 4.69) is 10.3 Å². The van der Waals surface area contributed by atoms with Crippen LogP contribution >= 0.6 is 22.6 Å². The zero-order valence-electron chi connectivity index (χ0n) is 22.7. The summed E-state index contributed by atoms with van der Waals surface area (Å²) < 4.78 is 33.3. The minimum Gasteiger partial charge on any atom is -0.497 e. The molecule has 0 radical (unpaired) electrons. The molecule has 13 heteroatoms. The number of nitrogens with zero attached hydrogens (tertiary/aromatic N) is 3. The molecule has 3 aromatic rings. The second kappa shape index (κ2) is 11.5. The molecule has 1 aliphatic rings. The topological polar surface area (TPSA) is 132 Å². The number of ether oxygens (including phenoxy) is 3. The van der Waals surface area contributed by atoms with E-state index >= 15 is 4.39 Å². The molecule has 3 heterocycles. The summed E-state index contributed by atoms with van der Waals surface area (Å²) in [5.41, 5.74) is -1.20. The molecule has 1 aromatic carbocycles. The van der Waals surface area contributed by atoms with Gasteiger partial charge in [0, 0.05) is 30.9 Å². The molecule has 2 aromatic heterocycles. The number of rotatable bonds is 7. The first-order chi connectivity index (χ1) is 18.8. The van der Waals surface area contributed by atoms with Crippen molar-refractivity contribution in [1.82, 2.24) is 14.9 Å². The molecule has 214 valence electrons. The fourth-order valence-corrected chi connectivity index (χ4v) is 5.25. The minimum atomic E-state index is -1.43. The van der Waals surface area contributed by atoms with Crippen LogP contribution < -0.4 is 25.1 Å². The number of carboxylic acids is 1. The Morgan fingerprint density at radius 3 is 2.60 bits per heavy atom. The van der Waals surface area contributed by atoms with Crippen LogP contribution in [0.25, 0.3) is 11.0 Å². The Labute approximate surface area is 243 Å². The van der Waals surface area contributed by atoms with Gasteiger partial charge in [-0.05, 0) is 61.9 Å². The van der Waals surface area contributed by atoms with E-state index in [-0.39, 0.29) is 39.6 Å². The lowest BCUT2D eigenvalue weighted by Crippen LogP contribution is -2.40. The Kier molecular flexibility index (Phi) is 8.42. The van der Waals surface area contributed by atoms with Crippen molar-refractivity contribution in [2.75, 3.05) is 32.2 Å². The summed E-state index contributed by atoms with van der Waals surface area (Å²) in [6, 6.07) is 4.86. The van der Waals surface area contributed by atoms with Gasteiger partial charge in [-0.3, -0.25) is 4.79 Å². The molecular formula is C27H30FIN4O7. The van der Waals surface area contributed by atoms with Crippen LogP contribution in [0.15, 0.2) is 29.2 Å². The monoisotopic (exact) mass is 668 g/mol. The Morgan fingerprint density at radius 2 is 1.98 bits per heavy atom. The zero-order valence-corrected chi connectivity index (χ0v) is 24.9. The third kappa shape index (κ3) is 6.08. The van der Waals surface area contributed by atoms with Crippen molar-refractivity contribution in [2.45, 2.75) is 45.4 Å². The maximum Gasteiger partial charge on any atom is 0.407 e. The number of anilines is 1. The second-order valence-electron chi connectivity index (χ2n) is 10.3. The van der Waals surface area contributed by atoms with Crippen LogP contribution in [0.2, 0.25) is 0 Å². The lowest BCUT2D eigenvalue weighted by Gasteiger charge is -2.23. The largest absolute Gasteiger partial charge is 0.497 e. The number of amides is 1. The molecule has 11 nitrogen and oxygen atoms in total. The highest BCUT2D eigenvalue weighted by atomic mass is 127. The Hall–Kier alpha value is -3.62. The summed E-state index contributed by atoms with van der Waals surface area (Å²) in [4.78, 5) is 43.6. The van der Waals surface area contributed by atoms with Gasteiger partial charge in [0.2, 0.25) is 5.43 Å². The average molecular weight is 668 g/mol. The average Bonchev–Trinajstić information content (AvgIpc) is 3.33. The van der Waals surface area contributed by atoms with Gasteiger partial charge >= 0.3 is 12.1 Å². The van der Waals surface area contributed by atoms with Crippen molar-refractivity contribution in [2.24, 2.45) is 0 Å². The maximum atomic E-state index is 15.7. The van der Waals surface area contributed by atoms with E-state index < -0.39 is 34.5 Å². The molecule has 0 bridgehead atoms. The molecule has 1 atom stereocenters. The number of halogens is 2. The fraction of sp³-hybridized carbons (Fsp3) is 0.407. The fourth-order valence-electron chi connectivity index (χ4n) is 4.52. The Bertz CT molecular complexity index is 1540. The van der Waals surface area contributed by atoms with Gasteiger partial charge in [0.05, 0.1) is 35.8 Å². The quantitative estimate of drug-likeness (QED) is 0.359. The molecule has 1 fully saturated rings. The zero-order chi connectivity index (χ0) is 29.4. The summed E-state index contributed by atoms with van der Waals surface area (Å²) in [7, 11) is 3.02. The Balaban J connectivity index is 1.78. The minimum absolute atomic E-state index is 0.00306. The normalized spacial score (nSPS) is 15.3. The van der Waals surface area contributed by atoms with Crippen molar-refractivity contribution in [1.29, 1.82) is 0 Å². The van der Waals surface area contributed by atoms with Crippen molar-refractivity contribution in [3.05, 3.63) is 55.1 Å². The van der Waals surface area contributed by atoms with E-state index in [0.717, 1.165) is 0 Å². The van der Waals surface area contributed by atoms with Crippen LogP contribution in [0.1, 0.15) is 43.1 Å². The van der Waals surface area contributed by atoms with Gasteiger partial charge in [0.15, 0.2) is 11.6 Å². The van der Waals surface area contributed by atoms with Crippen LogP contribution in [-0.4, -0.2) is 65.7 Å². The van der Waals surface area contributed by atoms with Gasteiger partial charge in [-0.15, -0.1) is 0 Å². The molecule has 0 spiro atoms. The number of aromatic carboxylic acids is 1. The third-order valence-corrected chi connectivity index (χ3v) is 7.36. The van der Waals surface area contributed by atoms with E-state index in [1.807, 2.05) is 0 Å². The van der Waals surface area contributed by atoms with Crippen LogP contribution in [0.5, 0.6) is 11.5 Å². The number of fused-ring (bicyclic) bond motifs is 1. The number of alkyl carbamates (subject to hydrolysis) is 1. The van der Waals surface area contributed by atoms with Gasteiger partial charge in [-0.1, -0.05) is 0 Å². The maximum absolute atomic E-state index is 15.7. The van der Waals surface area contributed by atoms with Crippen LogP contribution in [0.3, 0.4) is 0 Å². The van der Waals surface area contributed by atoms with Crippen molar-refractivity contribution in [3.63, 3.8) is 0 Å². The summed E-state index contributed by atoms with van der Waals surface area (Å²) in [6.07, 6.45) is 1.17. The molecule has 1 amide bonds. The molecule has 1 unspecified atom stereocenters. The lowest BCUT2D eigenvalue weighted by atomic mass is 10.1. The van der Waals surface area contributed by atoms with Crippen molar-refractivity contribution in [3.8, 4) is 11.5 Å². The predicted molar refractivity (Wildman–Crippen MR) is 154 cm³/mol. The summed E-state index contributed by atoms with van der Waals surface area (Å²) in [5, 5.41) is 12.4. The molecule has 1 aliphatic heterocycles. The standard InChI is InChI=1S/C27H30FIN4O7/c1-27(2,3)40-26(37)30-15-8-9-32(12-15)24-20(28)21(29)19-22(34)17(25(35)36)13-33(23(19)31-24)11-14-6-7-16(38-4)10-18(14)39-5/h6-7,10,13,15H,8-9,11-12H2,1-5H3,(H,30,37)(H,35,36). The van der Waals surface area contributed by atoms with Gasteiger partial charge in [0.1, 0.15) is 28.3 Å². The van der Waals surface area contributed by atoms with Crippen LogP contribution in [0.4, 0.5) is 15.0 Å². The number of aromatic nitrogens is 2. The van der Waals surface area contributed by atoms with Crippen LogP contribution in [0, 0.1) is 9.39 Å². The second-order valence-corrected chi connectivity index (χ2v) is 11.4. The highest BCUT2D eigenvalue weighted by Crippen LogP contribution is 2.31. The van der Waals surface area contributed by atoms with Crippen LogP contribution in [-0.2, 0) is 11.3 Å². The van der Waals surface area contributed by atoms with E-state index in [9.17, 15) is 19.5 Å². The van der Waals surface area contributed by atoms with Gasteiger partial charge in [-0.25, -0.2) is 19.0 Å². The molecular weight excluding hydrogens is 638 g/mol. The number of benzene rings is 1. The SMILES string of the molecule is COc1ccc(Cn2cc(C(=O)O)c(=O)c3c(I)c(F)c(N4CCC(NC(=O)OC(C)(C)C)C4)nc32)c(OC)c1. The van der Waals surface area contributed by atoms with E-state index in [4.69, 9.17) is 14.2 Å². The number of nitrogens with one attached hydrogen (secondary N) is 1. The number of hydrogen-bond donors (Lipinski definition) is 2. The number of pyridine rings is 2. The molecule has 2 N–H and O–H groups in total. The molecule has 40 heavy (non-hydrogen) atoms. The number of carbonyl (C=O) groups excluding carboxylic acids is 1. The molecule has 0 aliphatic carbocycles. The number of hydrogen-bond acceptors (Lipinski definition) is 8. The van der Waals surface area contributed by atoms with Gasteiger partial charge in [-0.2, -0.15) is 0 Å². The first-order valence-electron chi connectivity index (χ1n) is 12.4. The predicted octanol–water partition coefficient (Wildman–Crippen LogP) is 4.01. The summed E-state index contributed by atoms with van der Waals surface area (Å²) in [5.74, 6) is -1.12. The van der Waals surface area contributed by atoms with Crippen molar-refractivity contribution < 1.29 is 33.3 Å². The summed E-state index contributed by atoms with van der Waals surface area (Å²) in [6.45, 7) is 6.05. The molecule has 4 rings (SSSR count). The first kappa shape index (κ1) is 29.4. The number of carbonyl (C=O) groups is 2. The van der Waals surface area contributed by atoms with Gasteiger partial charge < -0.3 is 34.1 Å². The van der Waals surface area contributed by atoms with E-state index in [0.29, 0.717) is 30.0 Å². The number of methoxy groups -OCH3 is 2. The highest BCUT2D eigenvalue weighted by molar-refractivity contribution is 14.1. The van der Waals surface area contributed by atoms with Gasteiger partial charge in [0.25, 0.3) is 0 Å². The molecule has 1 saturated heterocycles. The Morgan fingerprint density at radius 1 is 1.25 bits per heavy atom. The third-order valence-electron chi connectivity index (χ3n) is 6.35. The summed E-state index contributed by atoms with van der Waals surface area (Å²) >= 11 is 1.71. The number of carboxylic acid groups (broad SMARTS) is 1. The molecule has 0 saturated carbocycles.